The van der Waals surface area contributed by atoms with E-state index in [1.165, 1.54) is 7.11 Å². The van der Waals surface area contributed by atoms with E-state index < -0.39 is 0 Å². The Morgan fingerprint density at radius 3 is 2.96 bits per heavy atom. The van der Waals surface area contributed by atoms with E-state index in [0.717, 1.165) is 0 Å². The third kappa shape index (κ3) is 2.98. The number of hydrogen-bond donors (Lipinski definition) is 1. The molecule has 1 amide bonds. The van der Waals surface area contributed by atoms with Gasteiger partial charge >= 0.3 is 0 Å². The summed E-state index contributed by atoms with van der Waals surface area (Å²) in [6, 6.07) is 6.94. The predicted octanol–water partition coefficient (Wildman–Crippen LogP) is 3.90. The van der Waals surface area contributed by atoms with Crippen LogP contribution in [-0.2, 0) is 4.79 Å². The van der Waals surface area contributed by atoms with Crippen molar-refractivity contribution in [1.82, 2.24) is 9.97 Å². The molecule has 0 aliphatic carbocycles. The van der Waals surface area contributed by atoms with Crippen LogP contribution in [0.25, 0.3) is 22.7 Å². The van der Waals surface area contributed by atoms with Crippen molar-refractivity contribution in [2.75, 3.05) is 12.4 Å². The van der Waals surface area contributed by atoms with Crippen LogP contribution in [0.3, 0.4) is 0 Å². The highest BCUT2D eigenvalue weighted by atomic mass is 35.5. The number of nitrogens with one attached hydrogen (secondary N) is 1. The molecule has 1 N–H and O–H groups in total. The topological polar surface area (TPSA) is 77.3 Å². The molecule has 2 heterocycles. The predicted molar refractivity (Wildman–Crippen MR) is 87.7 cm³/mol. The average Bonchev–Trinajstić information content (AvgIpc) is 2.98. The largest absolute Gasteiger partial charge is 0.493 e. The third-order valence-corrected chi connectivity index (χ3v) is 3.54. The van der Waals surface area contributed by atoms with Crippen molar-refractivity contribution in [3.05, 3.63) is 35.5 Å². The molecule has 0 atom stereocenters. The van der Waals surface area contributed by atoms with Gasteiger partial charge in [0, 0.05) is 18.2 Å². The van der Waals surface area contributed by atoms with E-state index in [-0.39, 0.29) is 5.91 Å². The fraction of sp³-hybridized carbons (Fsp3) is 0.188. The number of fused-ring (bicyclic) bond motifs is 1. The molecule has 0 spiro atoms. The Kier molecular flexibility index (Phi) is 4.16. The van der Waals surface area contributed by atoms with Gasteiger partial charge < -0.3 is 14.5 Å². The van der Waals surface area contributed by atoms with Gasteiger partial charge in [0.1, 0.15) is 0 Å². The highest BCUT2D eigenvalue weighted by Gasteiger charge is 2.16. The summed E-state index contributed by atoms with van der Waals surface area (Å²) in [5.74, 6) is 0.623. The minimum Gasteiger partial charge on any atom is -0.493 e. The molecule has 0 aliphatic heterocycles. The lowest BCUT2D eigenvalue weighted by molar-refractivity contribution is -0.115. The molecule has 7 heteroatoms. The summed E-state index contributed by atoms with van der Waals surface area (Å²) in [4.78, 5) is 20.2. The molecular formula is C16H14ClN3O3. The molecule has 0 saturated heterocycles. The number of rotatable bonds is 4. The molecule has 0 radical (unpaired) electrons. The standard InChI is InChI=1S/C16H14ClN3O3/c1-3-13(21)19-11-8-9(7-10(17)14(11)22-2)16-20-15-12(23-16)5-4-6-18-15/h4-8H,3H2,1-2H3,(H,19,21). The van der Waals surface area contributed by atoms with Gasteiger partial charge in [-0.2, -0.15) is 4.98 Å². The van der Waals surface area contributed by atoms with Crippen molar-refractivity contribution in [1.29, 1.82) is 0 Å². The lowest BCUT2D eigenvalue weighted by Crippen LogP contribution is -2.10. The number of oxazole rings is 1. The molecule has 3 rings (SSSR count). The zero-order valence-electron chi connectivity index (χ0n) is 12.6. The minimum atomic E-state index is -0.143. The zero-order valence-corrected chi connectivity index (χ0v) is 13.3. The average molecular weight is 332 g/mol. The van der Waals surface area contributed by atoms with Gasteiger partial charge in [-0.3, -0.25) is 4.79 Å². The van der Waals surface area contributed by atoms with Gasteiger partial charge in [-0.25, -0.2) is 4.98 Å². The first kappa shape index (κ1) is 15.3. The number of halogens is 1. The van der Waals surface area contributed by atoms with E-state index in [0.29, 0.717) is 45.6 Å². The number of ether oxygens (including phenoxy) is 1. The van der Waals surface area contributed by atoms with Gasteiger partial charge in [-0.1, -0.05) is 18.5 Å². The molecular weight excluding hydrogens is 318 g/mol. The maximum atomic E-state index is 11.7. The summed E-state index contributed by atoms with van der Waals surface area (Å²) in [6.45, 7) is 1.76. The maximum absolute atomic E-state index is 11.7. The molecule has 0 unspecified atom stereocenters. The molecule has 0 aliphatic rings. The second-order valence-corrected chi connectivity index (χ2v) is 5.19. The fourth-order valence-electron chi connectivity index (χ4n) is 2.15. The van der Waals surface area contributed by atoms with Crippen LogP contribution in [0.5, 0.6) is 5.75 Å². The van der Waals surface area contributed by atoms with Crippen LogP contribution in [-0.4, -0.2) is 23.0 Å². The van der Waals surface area contributed by atoms with E-state index in [1.54, 1.807) is 37.4 Å². The summed E-state index contributed by atoms with van der Waals surface area (Å²) >= 11 is 6.25. The van der Waals surface area contributed by atoms with E-state index in [4.69, 9.17) is 20.8 Å². The Hall–Kier alpha value is -2.60. The van der Waals surface area contributed by atoms with Crippen LogP contribution in [0.1, 0.15) is 13.3 Å². The monoisotopic (exact) mass is 331 g/mol. The Balaban J connectivity index is 2.10. The normalized spacial score (nSPS) is 10.7. The van der Waals surface area contributed by atoms with Crippen molar-refractivity contribution in [2.24, 2.45) is 0 Å². The number of aromatic nitrogens is 2. The summed E-state index contributed by atoms with van der Waals surface area (Å²) in [6.07, 6.45) is 1.99. The van der Waals surface area contributed by atoms with Crippen LogP contribution >= 0.6 is 11.6 Å². The molecule has 1 aromatic carbocycles. The highest BCUT2D eigenvalue weighted by molar-refractivity contribution is 6.33. The smallest absolute Gasteiger partial charge is 0.229 e. The highest BCUT2D eigenvalue weighted by Crippen LogP contribution is 2.38. The lowest BCUT2D eigenvalue weighted by Gasteiger charge is -2.12. The molecule has 2 aromatic heterocycles. The first-order valence-corrected chi connectivity index (χ1v) is 7.39. The molecule has 6 nitrogen and oxygen atoms in total. The molecule has 0 bridgehead atoms. The number of anilines is 1. The SMILES string of the molecule is CCC(=O)Nc1cc(-c2nc3ncccc3o2)cc(Cl)c1OC. The summed E-state index contributed by atoms with van der Waals surface area (Å²) in [7, 11) is 1.49. The van der Waals surface area contributed by atoms with E-state index >= 15 is 0 Å². The van der Waals surface area contributed by atoms with Crippen LogP contribution in [0.2, 0.25) is 5.02 Å². The van der Waals surface area contributed by atoms with Gasteiger partial charge in [-0.05, 0) is 24.3 Å². The Morgan fingerprint density at radius 1 is 1.43 bits per heavy atom. The lowest BCUT2D eigenvalue weighted by atomic mass is 10.1. The number of pyridine rings is 1. The number of benzene rings is 1. The number of amides is 1. The van der Waals surface area contributed by atoms with Crippen molar-refractivity contribution in [2.45, 2.75) is 13.3 Å². The maximum Gasteiger partial charge on any atom is 0.229 e. The number of hydrogen-bond acceptors (Lipinski definition) is 5. The Bertz CT molecular complexity index is 843. The van der Waals surface area contributed by atoms with E-state index in [1.807, 2.05) is 0 Å². The van der Waals surface area contributed by atoms with Gasteiger partial charge in [0.15, 0.2) is 17.0 Å². The van der Waals surface area contributed by atoms with Crippen molar-refractivity contribution in [3.8, 4) is 17.2 Å². The molecule has 3 aromatic rings. The number of methoxy groups -OCH3 is 1. The molecule has 0 saturated carbocycles. The summed E-state index contributed by atoms with van der Waals surface area (Å²) in [5.41, 5.74) is 2.18. The summed E-state index contributed by atoms with van der Waals surface area (Å²) < 4.78 is 10.9. The number of nitrogens with zero attached hydrogens (tertiary/aromatic N) is 2. The Morgan fingerprint density at radius 2 is 2.26 bits per heavy atom. The van der Waals surface area contributed by atoms with E-state index in [2.05, 4.69) is 15.3 Å². The fourth-order valence-corrected chi connectivity index (χ4v) is 2.44. The second-order valence-electron chi connectivity index (χ2n) is 4.78. The molecule has 23 heavy (non-hydrogen) atoms. The quantitative estimate of drug-likeness (QED) is 0.784. The van der Waals surface area contributed by atoms with Crippen LogP contribution in [0, 0.1) is 0 Å². The molecule has 118 valence electrons. The van der Waals surface area contributed by atoms with Crippen molar-refractivity contribution in [3.63, 3.8) is 0 Å². The van der Waals surface area contributed by atoms with Crippen molar-refractivity contribution >= 4 is 34.4 Å². The first-order chi connectivity index (χ1) is 11.1. The van der Waals surface area contributed by atoms with Crippen LogP contribution in [0.4, 0.5) is 5.69 Å². The minimum absolute atomic E-state index is 0.143. The van der Waals surface area contributed by atoms with Gasteiger partial charge in [0.2, 0.25) is 11.8 Å². The number of carbonyl (C=O) groups is 1. The summed E-state index contributed by atoms with van der Waals surface area (Å²) in [5, 5.41) is 3.12. The van der Waals surface area contributed by atoms with Crippen LogP contribution < -0.4 is 10.1 Å². The second kappa shape index (κ2) is 6.26. The van der Waals surface area contributed by atoms with Gasteiger partial charge in [0.05, 0.1) is 17.8 Å². The van der Waals surface area contributed by atoms with Crippen molar-refractivity contribution < 1.29 is 13.9 Å². The molecule has 0 fully saturated rings. The van der Waals surface area contributed by atoms with Gasteiger partial charge in [-0.15, -0.1) is 0 Å². The van der Waals surface area contributed by atoms with E-state index in [9.17, 15) is 4.79 Å². The van der Waals surface area contributed by atoms with Gasteiger partial charge in [0.25, 0.3) is 0 Å². The third-order valence-electron chi connectivity index (χ3n) is 3.25. The Labute approximate surface area is 137 Å². The first-order valence-electron chi connectivity index (χ1n) is 7.01. The number of carbonyl (C=O) groups excluding carboxylic acids is 1. The van der Waals surface area contributed by atoms with Crippen LogP contribution in [0.15, 0.2) is 34.9 Å². The zero-order chi connectivity index (χ0) is 16.4.